The second kappa shape index (κ2) is 7.91. The summed E-state index contributed by atoms with van der Waals surface area (Å²) < 4.78 is 5.55. The van der Waals surface area contributed by atoms with E-state index in [1.807, 2.05) is 37.4 Å². The van der Waals surface area contributed by atoms with Crippen LogP contribution in [0.3, 0.4) is 0 Å². The second-order valence-corrected chi connectivity index (χ2v) is 9.15. The van der Waals surface area contributed by atoms with Crippen LogP contribution in [0.4, 0.5) is 4.79 Å². The van der Waals surface area contributed by atoms with Gasteiger partial charge in [-0.25, -0.2) is 4.79 Å². The molecule has 22 heavy (non-hydrogen) atoms. The van der Waals surface area contributed by atoms with E-state index in [2.05, 4.69) is 32.3 Å². The van der Waals surface area contributed by atoms with E-state index in [9.17, 15) is 4.79 Å². The summed E-state index contributed by atoms with van der Waals surface area (Å²) in [5.74, 6) is 0. The molecule has 1 aliphatic carbocycles. The van der Waals surface area contributed by atoms with Gasteiger partial charge in [0.05, 0.1) is 0 Å². The van der Waals surface area contributed by atoms with Crippen LogP contribution in [0, 0.1) is 0 Å². The number of nitrogens with one attached hydrogen (secondary N) is 1. The molecule has 0 radical (unpaired) electrons. The molecule has 4 nitrogen and oxygen atoms in total. The Morgan fingerprint density at radius 3 is 2.36 bits per heavy atom. The van der Waals surface area contributed by atoms with E-state index in [-0.39, 0.29) is 11.6 Å². The van der Waals surface area contributed by atoms with E-state index < -0.39 is 5.60 Å². The van der Waals surface area contributed by atoms with Crippen molar-refractivity contribution in [2.45, 2.75) is 83.2 Å². The molecule has 2 unspecified atom stereocenters. The lowest BCUT2D eigenvalue weighted by molar-refractivity contribution is 0.00649. The fraction of sp³-hybridized carbons (Fsp3) is 0.941. The predicted octanol–water partition coefficient (Wildman–Crippen LogP) is 3.90. The van der Waals surface area contributed by atoms with Crippen LogP contribution < -0.4 is 5.32 Å². The van der Waals surface area contributed by atoms with E-state index in [4.69, 9.17) is 4.74 Å². The lowest BCUT2D eigenvalue weighted by Crippen LogP contribution is -2.51. The van der Waals surface area contributed by atoms with Crippen LogP contribution in [0.2, 0.25) is 0 Å². The Bertz CT molecular complexity index is 361. The van der Waals surface area contributed by atoms with Crippen LogP contribution >= 0.6 is 11.8 Å². The van der Waals surface area contributed by atoms with Crippen molar-refractivity contribution in [2.75, 3.05) is 19.3 Å². The number of thioether (sulfide) groups is 1. The molecule has 0 heterocycles. The first-order valence-electron chi connectivity index (χ1n) is 8.31. The quantitative estimate of drug-likeness (QED) is 0.830. The predicted molar refractivity (Wildman–Crippen MR) is 95.6 cm³/mol. The molecular formula is C17H34N2O2S. The molecule has 0 saturated heterocycles. The molecule has 1 N–H and O–H groups in total. The minimum atomic E-state index is -0.455. The third-order valence-corrected chi connectivity index (χ3v) is 5.09. The highest BCUT2D eigenvalue weighted by Crippen LogP contribution is 2.28. The number of carbonyl (C=O) groups excluding carboxylic acids is 1. The maximum absolute atomic E-state index is 12.4. The number of hydrogen-bond donors (Lipinski definition) is 1. The second-order valence-electron chi connectivity index (χ2n) is 8.07. The van der Waals surface area contributed by atoms with Crippen molar-refractivity contribution in [1.82, 2.24) is 10.2 Å². The molecule has 1 aliphatic rings. The topological polar surface area (TPSA) is 41.6 Å². The Balaban J connectivity index is 2.54. The van der Waals surface area contributed by atoms with Gasteiger partial charge in [-0.2, -0.15) is 11.8 Å². The summed E-state index contributed by atoms with van der Waals surface area (Å²) in [7, 11) is 0. The summed E-state index contributed by atoms with van der Waals surface area (Å²) in [6.07, 6.45) is 5.81. The number of nitrogens with zero attached hydrogens (tertiary/aromatic N) is 1. The zero-order valence-electron chi connectivity index (χ0n) is 15.4. The summed E-state index contributed by atoms with van der Waals surface area (Å²) in [5, 5.41) is 4.35. The third kappa shape index (κ3) is 6.37. The van der Waals surface area contributed by atoms with Crippen molar-refractivity contribution in [3.63, 3.8) is 0 Å². The van der Waals surface area contributed by atoms with Crippen molar-refractivity contribution >= 4 is 17.9 Å². The Labute approximate surface area is 140 Å². The molecule has 0 aromatic rings. The van der Waals surface area contributed by atoms with Gasteiger partial charge in [-0.15, -0.1) is 0 Å². The normalized spacial score (nSPS) is 22.7. The smallest absolute Gasteiger partial charge is 0.410 e. The number of rotatable bonds is 5. The van der Waals surface area contributed by atoms with E-state index >= 15 is 0 Å². The molecule has 5 heteroatoms. The van der Waals surface area contributed by atoms with Crippen LogP contribution in [-0.2, 0) is 4.74 Å². The van der Waals surface area contributed by atoms with Gasteiger partial charge in [0.25, 0.3) is 0 Å². The first-order valence-corrected chi connectivity index (χ1v) is 9.60. The molecule has 1 saturated carbocycles. The van der Waals surface area contributed by atoms with Gasteiger partial charge in [0.1, 0.15) is 5.60 Å². The zero-order valence-corrected chi connectivity index (χ0v) is 16.2. The van der Waals surface area contributed by atoms with Gasteiger partial charge < -0.3 is 15.0 Å². The van der Waals surface area contributed by atoms with E-state index in [1.54, 1.807) is 0 Å². The fourth-order valence-electron chi connectivity index (χ4n) is 2.82. The summed E-state index contributed by atoms with van der Waals surface area (Å²) in [5.41, 5.74) is -0.692. The molecule has 1 rings (SSSR count). The highest BCUT2D eigenvalue weighted by molar-refractivity contribution is 7.99. The molecule has 1 amide bonds. The SMILES string of the molecule is CSC1CCCC1NCCN(C(=O)OC(C)(C)C)C(C)(C)C. The van der Waals surface area contributed by atoms with Gasteiger partial charge in [-0.3, -0.25) is 0 Å². The van der Waals surface area contributed by atoms with Crippen LogP contribution in [-0.4, -0.2) is 52.8 Å². The average Bonchev–Trinajstić information content (AvgIpc) is 2.77. The number of hydrogen-bond acceptors (Lipinski definition) is 4. The number of carbonyl (C=O) groups is 1. The summed E-state index contributed by atoms with van der Waals surface area (Å²) in [6, 6.07) is 0.579. The van der Waals surface area contributed by atoms with Crippen molar-refractivity contribution in [3.8, 4) is 0 Å². The lowest BCUT2D eigenvalue weighted by atomic mass is 10.1. The molecule has 0 spiro atoms. The van der Waals surface area contributed by atoms with Crippen LogP contribution in [0.15, 0.2) is 0 Å². The largest absolute Gasteiger partial charge is 0.444 e. The molecule has 0 aromatic carbocycles. The van der Waals surface area contributed by atoms with E-state index in [0.29, 0.717) is 17.8 Å². The lowest BCUT2D eigenvalue weighted by Gasteiger charge is -2.37. The Morgan fingerprint density at radius 2 is 1.86 bits per heavy atom. The van der Waals surface area contributed by atoms with Crippen molar-refractivity contribution in [2.24, 2.45) is 0 Å². The van der Waals surface area contributed by atoms with Gasteiger partial charge >= 0.3 is 6.09 Å². The average molecular weight is 331 g/mol. The maximum atomic E-state index is 12.4. The van der Waals surface area contributed by atoms with Gasteiger partial charge in [-0.05, 0) is 60.6 Å². The highest BCUT2D eigenvalue weighted by Gasteiger charge is 2.31. The van der Waals surface area contributed by atoms with Crippen LogP contribution in [0.25, 0.3) is 0 Å². The highest BCUT2D eigenvalue weighted by atomic mass is 32.2. The summed E-state index contributed by atoms with van der Waals surface area (Å²) >= 11 is 1.95. The first kappa shape index (κ1) is 19.6. The number of amides is 1. The van der Waals surface area contributed by atoms with Crippen molar-refractivity contribution in [3.05, 3.63) is 0 Å². The van der Waals surface area contributed by atoms with Crippen LogP contribution in [0.5, 0.6) is 0 Å². The van der Waals surface area contributed by atoms with E-state index in [0.717, 1.165) is 6.54 Å². The van der Waals surface area contributed by atoms with Crippen molar-refractivity contribution < 1.29 is 9.53 Å². The molecule has 0 aromatic heterocycles. The van der Waals surface area contributed by atoms with Crippen molar-refractivity contribution in [1.29, 1.82) is 0 Å². The zero-order chi connectivity index (χ0) is 17.0. The minimum absolute atomic E-state index is 0.227. The number of ether oxygens (including phenoxy) is 1. The molecule has 0 aliphatic heterocycles. The maximum Gasteiger partial charge on any atom is 0.410 e. The van der Waals surface area contributed by atoms with Gasteiger partial charge in [0, 0.05) is 29.9 Å². The van der Waals surface area contributed by atoms with Gasteiger partial charge in [0.15, 0.2) is 0 Å². The molecule has 1 fully saturated rings. The first-order chi connectivity index (χ1) is 10.0. The standard InChI is InChI=1S/C17H34N2O2S/c1-16(2,3)19(15(20)21-17(4,5)6)12-11-18-13-9-8-10-14(13)22-7/h13-14,18H,8-12H2,1-7H3. The Morgan fingerprint density at radius 1 is 1.23 bits per heavy atom. The fourth-order valence-corrected chi connectivity index (χ4v) is 3.78. The Hall–Kier alpha value is -0.420. The molecule has 2 atom stereocenters. The van der Waals surface area contributed by atoms with Gasteiger partial charge in [-0.1, -0.05) is 6.42 Å². The molecule has 130 valence electrons. The van der Waals surface area contributed by atoms with E-state index in [1.165, 1.54) is 19.3 Å². The monoisotopic (exact) mass is 330 g/mol. The summed E-state index contributed by atoms with van der Waals surface area (Å²) in [4.78, 5) is 14.3. The third-order valence-electron chi connectivity index (χ3n) is 3.92. The summed E-state index contributed by atoms with van der Waals surface area (Å²) in [6.45, 7) is 13.4. The molecular weight excluding hydrogens is 296 g/mol. The van der Waals surface area contributed by atoms with Crippen LogP contribution in [0.1, 0.15) is 60.8 Å². The molecule has 0 bridgehead atoms. The Kier molecular flexibility index (Phi) is 7.06. The van der Waals surface area contributed by atoms with Gasteiger partial charge in [0.2, 0.25) is 0 Å². The minimum Gasteiger partial charge on any atom is -0.444 e.